The van der Waals surface area contributed by atoms with Crippen LogP contribution in [0.1, 0.15) is 62.3 Å². The zero-order valence-electron chi connectivity index (χ0n) is 19.2. The average Bonchev–Trinajstić information content (AvgIpc) is 3.61. The number of ether oxygens (including phenoxy) is 1. The zero-order chi connectivity index (χ0) is 24.9. The number of anilines is 1. The first-order chi connectivity index (χ1) is 16.9. The van der Waals surface area contributed by atoms with Gasteiger partial charge in [0.2, 0.25) is 5.91 Å². The Balaban J connectivity index is 1.77. The van der Waals surface area contributed by atoms with E-state index in [1.807, 2.05) is 17.5 Å². The quantitative estimate of drug-likeness (QED) is 0.401. The highest BCUT2D eigenvalue weighted by Gasteiger charge is 2.36. The van der Waals surface area contributed by atoms with Crippen molar-refractivity contribution in [3.63, 3.8) is 0 Å². The van der Waals surface area contributed by atoms with Gasteiger partial charge in [-0.25, -0.2) is 0 Å². The van der Waals surface area contributed by atoms with Crippen molar-refractivity contribution in [3.8, 4) is 5.75 Å². The van der Waals surface area contributed by atoms with Gasteiger partial charge in [0.05, 0.1) is 19.3 Å². The third kappa shape index (κ3) is 5.46. The number of nitrogen functional groups attached to an aromatic ring is 1. The third-order valence-corrected chi connectivity index (χ3v) is 7.73. The predicted octanol–water partition coefficient (Wildman–Crippen LogP) is 3.34. The van der Waals surface area contributed by atoms with Gasteiger partial charge in [-0.3, -0.25) is 14.4 Å². The SMILES string of the molecule is COc1ccc(C(C(=O)NC2CCCC2)N(Cc2cccs2)C(=O)c2snc(C(N)=O)c2N)cc1. The summed E-state index contributed by atoms with van der Waals surface area (Å²) in [5.74, 6) is -0.945. The van der Waals surface area contributed by atoms with Gasteiger partial charge < -0.3 is 26.4 Å². The molecule has 0 saturated heterocycles. The van der Waals surface area contributed by atoms with E-state index >= 15 is 0 Å². The van der Waals surface area contributed by atoms with Crippen LogP contribution >= 0.6 is 22.9 Å². The fraction of sp³-hybridized carbons (Fsp3) is 0.333. The summed E-state index contributed by atoms with van der Waals surface area (Å²) in [6, 6.07) is 9.98. The van der Waals surface area contributed by atoms with E-state index in [-0.39, 0.29) is 34.8 Å². The molecule has 1 aliphatic rings. The lowest BCUT2D eigenvalue weighted by atomic mass is 10.0. The largest absolute Gasteiger partial charge is 0.497 e. The fourth-order valence-electron chi connectivity index (χ4n) is 4.22. The fourth-order valence-corrected chi connectivity index (χ4v) is 5.68. The molecule has 35 heavy (non-hydrogen) atoms. The Kier molecular flexibility index (Phi) is 7.67. The zero-order valence-corrected chi connectivity index (χ0v) is 20.9. The molecule has 3 aromatic rings. The van der Waals surface area contributed by atoms with Crippen LogP contribution in [0.4, 0.5) is 5.69 Å². The summed E-state index contributed by atoms with van der Waals surface area (Å²) < 4.78 is 9.25. The van der Waals surface area contributed by atoms with Gasteiger partial charge in [-0.1, -0.05) is 31.0 Å². The molecule has 1 aliphatic carbocycles. The molecular weight excluding hydrogens is 486 g/mol. The number of carbonyl (C=O) groups excluding carboxylic acids is 3. The molecule has 9 nitrogen and oxygen atoms in total. The Hall–Kier alpha value is -3.44. The molecule has 184 valence electrons. The van der Waals surface area contributed by atoms with Crippen LogP contribution in [-0.4, -0.2) is 40.1 Å². The van der Waals surface area contributed by atoms with Gasteiger partial charge >= 0.3 is 0 Å². The van der Waals surface area contributed by atoms with Crippen molar-refractivity contribution < 1.29 is 19.1 Å². The number of methoxy groups -OCH3 is 1. The van der Waals surface area contributed by atoms with E-state index in [4.69, 9.17) is 16.2 Å². The second-order valence-corrected chi connectivity index (χ2v) is 10.1. The lowest BCUT2D eigenvalue weighted by molar-refractivity contribution is -0.126. The topological polar surface area (TPSA) is 141 Å². The van der Waals surface area contributed by atoms with Gasteiger partial charge in [0.15, 0.2) is 5.69 Å². The number of nitrogens with one attached hydrogen (secondary N) is 1. The lowest BCUT2D eigenvalue weighted by Crippen LogP contribution is -2.45. The third-order valence-electron chi connectivity index (χ3n) is 6.02. The van der Waals surface area contributed by atoms with Gasteiger partial charge in [-0.2, -0.15) is 4.37 Å². The highest BCUT2D eigenvalue weighted by atomic mass is 32.1. The van der Waals surface area contributed by atoms with Crippen LogP contribution in [0.25, 0.3) is 0 Å². The van der Waals surface area contributed by atoms with Crippen molar-refractivity contribution in [2.45, 2.75) is 44.3 Å². The van der Waals surface area contributed by atoms with Crippen LogP contribution < -0.4 is 21.5 Å². The summed E-state index contributed by atoms with van der Waals surface area (Å²) in [4.78, 5) is 41.7. The number of aromatic nitrogens is 1. The number of nitrogens with zero attached hydrogens (tertiary/aromatic N) is 2. The summed E-state index contributed by atoms with van der Waals surface area (Å²) in [7, 11) is 1.56. The molecule has 1 aromatic carbocycles. The summed E-state index contributed by atoms with van der Waals surface area (Å²) >= 11 is 2.28. The molecule has 0 spiro atoms. The number of nitrogens with two attached hydrogens (primary N) is 2. The Morgan fingerprint density at radius 2 is 1.91 bits per heavy atom. The van der Waals surface area contributed by atoms with Crippen molar-refractivity contribution in [3.05, 3.63) is 62.8 Å². The number of hydrogen-bond acceptors (Lipinski definition) is 8. The van der Waals surface area contributed by atoms with Crippen molar-refractivity contribution in [1.82, 2.24) is 14.6 Å². The van der Waals surface area contributed by atoms with Crippen molar-refractivity contribution in [2.75, 3.05) is 12.8 Å². The van der Waals surface area contributed by atoms with Crippen LogP contribution in [0.2, 0.25) is 0 Å². The van der Waals surface area contributed by atoms with Crippen LogP contribution in [0.3, 0.4) is 0 Å². The van der Waals surface area contributed by atoms with Crippen LogP contribution in [0, 0.1) is 0 Å². The molecule has 0 bridgehead atoms. The summed E-state index contributed by atoms with van der Waals surface area (Å²) in [6.07, 6.45) is 3.93. The maximum absolute atomic E-state index is 13.9. The molecule has 2 aromatic heterocycles. The Labute approximate surface area is 211 Å². The van der Waals surface area contributed by atoms with E-state index in [1.165, 1.54) is 16.2 Å². The second kappa shape index (κ2) is 10.9. The van der Waals surface area contributed by atoms with Gasteiger partial charge in [-0.05, 0) is 53.5 Å². The first kappa shape index (κ1) is 24.7. The number of rotatable bonds is 9. The minimum Gasteiger partial charge on any atom is -0.497 e. The number of benzene rings is 1. The number of carbonyl (C=O) groups is 3. The smallest absolute Gasteiger partial charge is 0.270 e. The maximum atomic E-state index is 13.9. The average molecular weight is 514 g/mol. The molecule has 4 rings (SSSR count). The molecular formula is C24H27N5O4S2. The molecule has 1 unspecified atom stereocenters. The Bertz CT molecular complexity index is 1190. The van der Waals surface area contributed by atoms with E-state index in [0.29, 0.717) is 11.3 Å². The molecule has 2 heterocycles. The highest BCUT2D eigenvalue weighted by Crippen LogP contribution is 2.32. The molecule has 5 N–H and O–H groups in total. The lowest BCUT2D eigenvalue weighted by Gasteiger charge is -2.32. The minimum atomic E-state index is -0.936. The van der Waals surface area contributed by atoms with Crippen molar-refractivity contribution in [2.24, 2.45) is 5.73 Å². The van der Waals surface area contributed by atoms with Crippen molar-refractivity contribution in [1.29, 1.82) is 0 Å². The van der Waals surface area contributed by atoms with E-state index in [9.17, 15) is 14.4 Å². The van der Waals surface area contributed by atoms with E-state index in [0.717, 1.165) is 42.1 Å². The maximum Gasteiger partial charge on any atom is 0.270 e. The first-order valence-electron chi connectivity index (χ1n) is 11.2. The van der Waals surface area contributed by atoms with Gasteiger partial charge in [0.25, 0.3) is 11.8 Å². The molecule has 1 atom stereocenters. The molecule has 3 amide bonds. The van der Waals surface area contributed by atoms with Crippen LogP contribution in [0.5, 0.6) is 5.75 Å². The molecule has 0 aliphatic heterocycles. The molecule has 1 fully saturated rings. The number of primary amides is 1. The van der Waals surface area contributed by atoms with Gasteiger partial charge in [0, 0.05) is 10.9 Å². The standard InChI is InChI=1S/C24H27N5O4S2/c1-33-16-10-8-14(9-11-16)20(23(31)27-15-5-2-3-6-15)29(13-17-7-4-12-34-17)24(32)21-18(25)19(22(26)30)28-35-21/h4,7-12,15,20H,2-3,5-6,13,25H2,1H3,(H2,26,30)(H,27,31). The normalized spacial score (nSPS) is 14.4. The molecule has 1 saturated carbocycles. The molecule has 0 radical (unpaired) electrons. The highest BCUT2D eigenvalue weighted by molar-refractivity contribution is 7.10. The monoisotopic (exact) mass is 513 g/mol. The predicted molar refractivity (Wildman–Crippen MR) is 135 cm³/mol. The number of amides is 3. The van der Waals surface area contributed by atoms with Crippen LogP contribution in [-0.2, 0) is 11.3 Å². The van der Waals surface area contributed by atoms with E-state index < -0.39 is 17.9 Å². The Morgan fingerprint density at radius 1 is 1.20 bits per heavy atom. The van der Waals surface area contributed by atoms with E-state index in [2.05, 4.69) is 9.69 Å². The van der Waals surface area contributed by atoms with Crippen LogP contribution in [0.15, 0.2) is 41.8 Å². The molecule has 11 heteroatoms. The summed E-state index contributed by atoms with van der Waals surface area (Å²) in [5.41, 5.74) is 11.9. The van der Waals surface area contributed by atoms with E-state index in [1.54, 1.807) is 31.4 Å². The van der Waals surface area contributed by atoms with Gasteiger partial charge in [-0.15, -0.1) is 11.3 Å². The summed E-state index contributed by atoms with van der Waals surface area (Å²) in [5, 5.41) is 5.04. The minimum absolute atomic E-state index is 0.0666. The first-order valence-corrected chi connectivity index (χ1v) is 12.9. The second-order valence-electron chi connectivity index (χ2n) is 8.32. The number of thiophene rings is 1. The Morgan fingerprint density at radius 3 is 2.49 bits per heavy atom. The van der Waals surface area contributed by atoms with Gasteiger partial charge in [0.1, 0.15) is 16.7 Å². The number of hydrogen-bond donors (Lipinski definition) is 3. The van der Waals surface area contributed by atoms with Crippen molar-refractivity contribution >= 4 is 46.3 Å². The summed E-state index contributed by atoms with van der Waals surface area (Å²) in [6.45, 7) is 0.175.